The number of aliphatic imine (C=N–C) groups is 2. The van der Waals surface area contributed by atoms with Gasteiger partial charge in [-0.1, -0.05) is 24.3 Å². The minimum Gasteiger partial charge on any atom is -0.379 e. The van der Waals surface area contributed by atoms with E-state index in [2.05, 4.69) is 9.98 Å². The molecule has 2 aromatic carbocycles. The number of nitrogens with zero attached hydrogens (tertiary/aromatic N) is 2. The molecule has 2 aromatic rings. The highest BCUT2D eigenvalue weighted by Gasteiger charge is 2.18. The van der Waals surface area contributed by atoms with Crippen molar-refractivity contribution in [3.8, 4) is 5.75 Å². The number of para-hydroxylation sites is 1. The van der Waals surface area contributed by atoms with Gasteiger partial charge in [0, 0.05) is 0 Å². The molecule has 0 spiro atoms. The summed E-state index contributed by atoms with van der Waals surface area (Å²) in [5.41, 5.74) is 17.0. The monoisotopic (exact) mass is 347 g/mol. The van der Waals surface area contributed by atoms with Crippen molar-refractivity contribution in [2.45, 2.75) is 11.8 Å². The zero-order valence-electron chi connectivity index (χ0n) is 12.9. The fraction of sp³-hybridized carbons (Fsp3) is 0.0667. The van der Waals surface area contributed by atoms with Crippen LogP contribution in [0.5, 0.6) is 5.75 Å². The van der Waals surface area contributed by atoms with Gasteiger partial charge in [0.1, 0.15) is 10.6 Å². The zero-order chi connectivity index (χ0) is 17.7. The lowest BCUT2D eigenvalue weighted by Gasteiger charge is -2.08. The first-order valence-corrected chi connectivity index (χ1v) is 8.23. The molecule has 0 atom stereocenters. The van der Waals surface area contributed by atoms with E-state index < -0.39 is 10.1 Å². The first kappa shape index (κ1) is 17.3. The summed E-state index contributed by atoms with van der Waals surface area (Å²) in [5.74, 6) is -0.218. The lowest BCUT2D eigenvalue weighted by atomic mass is 10.2. The first-order valence-electron chi connectivity index (χ1n) is 6.82. The summed E-state index contributed by atoms with van der Waals surface area (Å²) >= 11 is 0. The molecule has 0 heterocycles. The van der Waals surface area contributed by atoms with Crippen LogP contribution < -0.4 is 21.4 Å². The van der Waals surface area contributed by atoms with Gasteiger partial charge in [-0.25, -0.2) is 4.99 Å². The number of hydrogen-bond acceptors (Lipinski definition) is 4. The Morgan fingerprint density at radius 3 is 2.33 bits per heavy atom. The van der Waals surface area contributed by atoms with Gasteiger partial charge in [0.15, 0.2) is 5.96 Å². The number of hydrogen-bond donors (Lipinski definition) is 3. The van der Waals surface area contributed by atoms with E-state index in [1.165, 1.54) is 12.1 Å². The van der Waals surface area contributed by atoms with Crippen molar-refractivity contribution in [3.63, 3.8) is 0 Å². The first-order chi connectivity index (χ1) is 11.3. The lowest BCUT2D eigenvalue weighted by molar-refractivity contribution is 0.486. The highest BCUT2D eigenvalue weighted by Crippen LogP contribution is 2.25. The molecule has 2 rings (SSSR count). The van der Waals surface area contributed by atoms with Gasteiger partial charge < -0.3 is 21.4 Å². The van der Waals surface area contributed by atoms with E-state index >= 15 is 0 Å². The van der Waals surface area contributed by atoms with E-state index in [-0.39, 0.29) is 22.6 Å². The van der Waals surface area contributed by atoms with E-state index in [0.29, 0.717) is 11.3 Å². The molecule has 6 N–H and O–H groups in total. The third-order valence-corrected chi connectivity index (χ3v) is 4.14. The van der Waals surface area contributed by atoms with Gasteiger partial charge in [0.05, 0.1) is 5.69 Å². The van der Waals surface area contributed by atoms with Crippen molar-refractivity contribution in [2.75, 3.05) is 0 Å². The van der Waals surface area contributed by atoms with E-state index in [9.17, 15) is 8.42 Å². The number of rotatable bonds is 4. The fourth-order valence-corrected chi connectivity index (χ4v) is 2.75. The smallest absolute Gasteiger partial charge is 0.339 e. The number of nitrogens with two attached hydrogens (primary N) is 3. The second kappa shape index (κ2) is 7.01. The Bertz CT molecular complexity index is 889. The Kier molecular flexibility index (Phi) is 5.05. The zero-order valence-corrected chi connectivity index (χ0v) is 13.7. The number of aryl methyl sites for hydroxylation is 1. The summed E-state index contributed by atoms with van der Waals surface area (Å²) < 4.78 is 29.8. The predicted octanol–water partition coefficient (Wildman–Crippen LogP) is 0.982. The molecule has 0 saturated carbocycles. The lowest BCUT2D eigenvalue weighted by Crippen LogP contribution is -2.26. The summed E-state index contributed by atoms with van der Waals surface area (Å²) in [6, 6.07) is 12.5. The van der Waals surface area contributed by atoms with Gasteiger partial charge in [-0.2, -0.15) is 13.4 Å². The molecule has 126 valence electrons. The van der Waals surface area contributed by atoms with Gasteiger partial charge in [0.2, 0.25) is 5.96 Å². The average molecular weight is 347 g/mol. The molecular formula is C15H17N5O3S. The molecule has 0 aliphatic carbocycles. The van der Waals surface area contributed by atoms with Crippen LogP contribution in [0, 0.1) is 6.92 Å². The van der Waals surface area contributed by atoms with E-state index in [1.807, 2.05) is 0 Å². The van der Waals surface area contributed by atoms with Crippen molar-refractivity contribution in [2.24, 2.45) is 27.2 Å². The SMILES string of the molecule is Cc1ccc(S(=O)(=O)Oc2ccccc2)cc1N=C(N)N=C(N)N. The maximum absolute atomic E-state index is 12.4. The molecule has 0 fully saturated rings. The number of guanidine groups is 2. The van der Waals surface area contributed by atoms with Gasteiger partial charge in [-0.3, -0.25) is 0 Å². The summed E-state index contributed by atoms with van der Waals surface area (Å²) in [6.07, 6.45) is 0. The molecular weight excluding hydrogens is 330 g/mol. The fourth-order valence-electron chi connectivity index (χ4n) is 1.80. The third kappa shape index (κ3) is 4.46. The maximum Gasteiger partial charge on any atom is 0.339 e. The third-order valence-electron chi connectivity index (χ3n) is 2.90. The number of benzene rings is 2. The Balaban J connectivity index is 2.38. The molecule has 0 radical (unpaired) electrons. The molecule has 9 heteroatoms. The van der Waals surface area contributed by atoms with Crippen LogP contribution >= 0.6 is 0 Å². The van der Waals surface area contributed by atoms with Crippen LogP contribution in [0.1, 0.15) is 5.56 Å². The Morgan fingerprint density at radius 2 is 1.71 bits per heavy atom. The van der Waals surface area contributed by atoms with Gasteiger partial charge >= 0.3 is 10.1 Å². The highest BCUT2D eigenvalue weighted by atomic mass is 32.2. The summed E-state index contributed by atoms with van der Waals surface area (Å²) in [7, 11) is -4.01. The van der Waals surface area contributed by atoms with Crippen molar-refractivity contribution >= 4 is 27.7 Å². The molecule has 0 amide bonds. The molecule has 24 heavy (non-hydrogen) atoms. The van der Waals surface area contributed by atoms with Crippen LogP contribution in [0.2, 0.25) is 0 Å². The van der Waals surface area contributed by atoms with Crippen molar-refractivity contribution < 1.29 is 12.6 Å². The summed E-state index contributed by atoms with van der Waals surface area (Å²) in [5, 5.41) is 0. The van der Waals surface area contributed by atoms with E-state index in [4.69, 9.17) is 21.4 Å². The Morgan fingerprint density at radius 1 is 1.04 bits per heavy atom. The van der Waals surface area contributed by atoms with Crippen LogP contribution in [-0.2, 0) is 10.1 Å². The predicted molar refractivity (Wildman–Crippen MR) is 92.5 cm³/mol. The average Bonchev–Trinajstić information content (AvgIpc) is 2.49. The minimum atomic E-state index is -4.01. The normalized spacial score (nSPS) is 11.8. The van der Waals surface area contributed by atoms with Gasteiger partial charge in [0.25, 0.3) is 0 Å². The van der Waals surface area contributed by atoms with Crippen LogP contribution in [0.3, 0.4) is 0 Å². The van der Waals surface area contributed by atoms with E-state index in [1.54, 1.807) is 43.3 Å². The van der Waals surface area contributed by atoms with Crippen molar-refractivity contribution in [1.82, 2.24) is 0 Å². The topological polar surface area (TPSA) is 146 Å². The second-order valence-electron chi connectivity index (χ2n) is 4.81. The van der Waals surface area contributed by atoms with Crippen molar-refractivity contribution in [1.29, 1.82) is 0 Å². The summed E-state index contributed by atoms with van der Waals surface area (Å²) in [6.45, 7) is 1.75. The largest absolute Gasteiger partial charge is 0.379 e. The van der Waals surface area contributed by atoms with Crippen LogP contribution in [-0.4, -0.2) is 20.3 Å². The second-order valence-corrected chi connectivity index (χ2v) is 6.35. The van der Waals surface area contributed by atoms with Crippen molar-refractivity contribution in [3.05, 3.63) is 54.1 Å². The molecule has 0 unspecified atom stereocenters. The molecule has 0 aliphatic rings. The van der Waals surface area contributed by atoms with Crippen LogP contribution in [0.15, 0.2) is 63.4 Å². The van der Waals surface area contributed by atoms with Gasteiger partial charge in [-0.05, 0) is 36.8 Å². The molecule has 0 aliphatic heterocycles. The Labute approximate surface area is 139 Å². The molecule has 0 saturated heterocycles. The molecule has 0 bridgehead atoms. The maximum atomic E-state index is 12.4. The quantitative estimate of drug-likeness (QED) is 0.427. The molecule has 0 aromatic heterocycles. The summed E-state index contributed by atoms with van der Waals surface area (Å²) in [4.78, 5) is 7.54. The highest BCUT2D eigenvalue weighted by molar-refractivity contribution is 7.87. The standard InChI is InChI=1S/C15H17N5O3S/c1-10-7-8-12(9-13(10)19-15(18)20-14(16)17)24(21,22)23-11-5-3-2-4-6-11/h2-9H,1H3,(H6,16,17,18,19,20). The Hall–Kier alpha value is -3.07. The van der Waals surface area contributed by atoms with Crippen LogP contribution in [0.25, 0.3) is 0 Å². The van der Waals surface area contributed by atoms with E-state index in [0.717, 1.165) is 0 Å². The van der Waals surface area contributed by atoms with Crippen LogP contribution in [0.4, 0.5) is 5.69 Å². The van der Waals surface area contributed by atoms with Gasteiger partial charge in [-0.15, -0.1) is 0 Å². The molecule has 8 nitrogen and oxygen atoms in total. The minimum absolute atomic E-state index is 0.0618.